The summed E-state index contributed by atoms with van der Waals surface area (Å²) < 4.78 is 13.8. The maximum Gasteiger partial charge on any atom is 0.229 e. The van der Waals surface area contributed by atoms with Gasteiger partial charge >= 0.3 is 0 Å². The van der Waals surface area contributed by atoms with Crippen molar-refractivity contribution in [2.75, 3.05) is 59.4 Å². The number of amides is 2. The van der Waals surface area contributed by atoms with Crippen LogP contribution < -0.4 is 27.1 Å². The maximum absolute atomic E-state index is 13.8. The summed E-state index contributed by atoms with van der Waals surface area (Å²) in [5.41, 5.74) is 9.35. The topological polar surface area (TPSA) is 118 Å². The van der Waals surface area contributed by atoms with Crippen molar-refractivity contribution in [3.63, 3.8) is 0 Å². The second kappa shape index (κ2) is 11.2. The van der Waals surface area contributed by atoms with E-state index in [9.17, 15) is 14.0 Å². The number of piperidine rings is 1. The number of hydrogen-bond donors (Lipinski definition) is 5. The summed E-state index contributed by atoms with van der Waals surface area (Å²) in [6.07, 6.45) is 2.10. The molecule has 2 amide bonds. The van der Waals surface area contributed by atoms with Crippen molar-refractivity contribution < 1.29 is 14.0 Å². The first-order chi connectivity index (χ1) is 17.3. The van der Waals surface area contributed by atoms with Gasteiger partial charge < -0.3 is 26.2 Å². The first-order valence-electron chi connectivity index (χ1n) is 14.0. The van der Waals surface area contributed by atoms with Crippen LogP contribution in [0.3, 0.4) is 0 Å². The molecule has 0 aromatic rings. The van der Waals surface area contributed by atoms with Crippen molar-refractivity contribution in [1.82, 2.24) is 36.2 Å². The minimum Gasteiger partial charge on any atom is -0.351 e. The third kappa shape index (κ3) is 5.42. The predicted molar refractivity (Wildman–Crippen MR) is 135 cm³/mol. The molecule has 36 heavy (non-hydrogen) atoms. The molecule has 0 aromatic carbocycles. The van der Waals surface area contributed by atoms with Crippen molar-refractivity contribution in [1.29, 1.82) is 0 Å². The maximum atomic E-state index is 13.8. The van der Waals surface area contributed by atoms with Crippen LogP contribution >= 0.6 is 0 Å². The number of likely N-dealkylation sites (N-methyl/N-ethyl adjacent to an activating group) is 1. The number of fused-ring (bicyclic) bond motifs is 1. The van der Waals surface area contributed by atoms with E-state index in [4.69, 9.17) is 5.73 Å². The van der Waals surface area contributed by atoms with Gasteiger partial charge in [0.2, 0.25) is 11.8 Å². The molecular formula is C25H45FN8O2. The Labute approximate surface area is 214 Å². The highest BCUT2D eigenvalue weighted by atomic mass is 19.1. The molecule has 0 spiro atoms. The largest absolute Gasteiger partial charge is 0.351 e. The van der Waals surface area contributed by atoms with Crippen molar-refractivity contribution in [3.8, 4) is 0 Å². The molecule has 9 unspecified atom stereocenters. The lowest BCUT2D eigenvalue weighted by Gasteiger charge is -2.45. The minimum atomic E-state index is -0.977. The first kappa shape index (κ1) is 26.2. The highest BCUT2D eigenvalue weighted by Gasteiger charge is 2.48. The van der Waals surface area contributed by atoms with Crippen LogP contribution in [0.25, 0.3) is 0 Å². The van der Waals surface area contributed by atoms with Crippen molar-refractivity contribution in [2.45, 2.75) is 57.2 Å². The van der Waals surface area contributed by atoms with Gasteiger partial charge in [0.1, 0.15) is 6.17 Å². The van der Waals surface area contributed by atoms with E-state index in [1.165, 1.54) is 0 Å². The molecule has 4 saturated heterocycles. The Morgan fingerprint density at radius 1 is 1.06 bits per heavy atom. The number of nitrogens with zero attached hydrogens (tertiary/aromatic N) is 3. The van der Waals surface area contributed by atoms with Gasteiger partial charge in [-0.2, -0.15) is 0 Å². The Kier molecular flexibility index (Phi) is 8.14. The number of rotatable bonds is 4. The summed E-state index contributed by atoms with van der Waals surface area (Å²) in [7, 11) is 2.11. The lowest BCUT2D eigenvalue weighted by Crippen LogP contribution is -2.61. The number of hydrazine groups is 1. The van der Waals surface area contributed by atoms with E-state index >= 15 is 0 Å². The summed E-state index contributed by atoms with van der Waals surface area (Å²) in [4.78, 5) is 31.0. The van der Waals surface area contributed by atoms with Crippen LogP contribution in [-0.2, 0) is 9.59 Å². The molecule has 11 heteroatoms. The van der Waals surface area contributed by atoms with Crippen LogP contribution in [-0.4, -0.2) is 111 Å². The van der Waals surface area contributed by atoms with Crippen molar-refractivity contribution in [3.05, 3.63) is 0 Å². The van der Waals surface area contributed by atoms with Crippen molar-refractivity contribution in [2.24, 2.45) is 35.3 Å². The smallest absolute Gasteiger partial charge is 0.229 e. The lowest BCUT2D eigenvalue weighted by atomic mass is 9.66. The molecule has 10 nitrogen and oxygen atoms in total. The number of carbonyl (C=O) groups excluding carboxylic acids is 2. The van der Waals surface area contributed by atoms with Gasteiger partial charge in [0.05, 0.1) is 18.2 Å². The zero-order valence-corrected chi connectivity index (χ0v) is 21.8. The number of nitrogens with two attached hydrogens (primary N) is 1. The monoisotopic (exact) mass is 508 g/mol. The summed E-state index contributed by atoms with van der Waals surface area (Å²) >= 11 is 0. The molecule has 204 valence electrons. The molecular weight excluding hydrogens is 463 g/mol. The molecule has 6 N–H and O–H groups in total. The molecule has 0 bridgehead atoms. The van der Waals surface area contributed by atoms with Crippen LogP contribution in [0.5, 0.6) is 0 Å². The molecule has 5 rings (SSSR count). The van der Waals surface area contributed by atoms with E-state index in [2.05, 4.69) is 45.1 Å². The predicted octanol–water partition coefficient (Wildman–Crippen LogP) is -1.10. The van der Waals surface area contributed by atoms with Crippen molar-refractivity contribution >= 4 is 11.8 Å². The SMILES string of the molecule is CC1CC(C(=O)N2CCN(C)CC2)CCC1C1CCNCC1NC(=O)C1C(N)NN2CC(F)CNC12. The highest BCUT2D eigenvalue weighted by molar-refractivity contribution is 5.81. The zero-order valence-electron chi connectivity index (χ0n) is 21.8. The van der Waals surface area contributed by atoms with Crippen LogP contribution in [0.4, 0.5) is 4.39 Å². The fourth-order valence-electron chi connectivity index (χ4n) is 7.37. The molecule has 4 heterocycles. The average Bonchev–Trinajstić information content (AvgIpc) is 3.19. The first-order valence-corrected chi connectivity index (χ1v) is 14.0. The van der Waals surface area contributed by atoms with E-state index in [-0.39, 0.29) is 37.1 Å². The quantitative estimate of drug-likeness (QED) is 0.325. The van der Waals surface area contributed by atoms with E-state index in [0.29, 0.717) is 23.7 Å². The normalized spacial score (nSPS) is 42.7. The van der Waals surface area contributed by atoms with Gasteiger partial charge in [-0.05, 0) is 57.0 Å². The Hall–Kier alpha value is -1.37. The number of halogens is 1. The summed E-state index contributed by atoms with van der Waals surface area (Å²) in [5.74, 6) is 1.22. The molecule has 0 aromatic heterocycles. The summed E-state index contributed by atoms with van der Waals surface area (Å²) in [5, 5.41) is 11.7. The number of piperazine rings is 1. The summed E-state index contributed by atoms with van der Waals surface area (Å²) in [6, 6.07) is 0.0300. The van der Waals surface area contributed by atoms with Crippen LogP contribution in [0, 0.1) is 29.6 Å². The van der Waals surface area contributed by atoms with E-state index in [0.717, 1.165) is 65.0 Å². The number of alkyl halides is 1. The molecule has 4 aliphatic heterocycles. The van der Waals surface area contributed by atoms with Crippen LogP contribution in [0.15, 0.2) is 0 Å². The van der Waals surface area contributed by atoms with Gasteiger partial charge in [0, 0.05) is 57.8 Å². The van der Waals surface area contributed by atoms with Gasteiger partial charge in [-0.15, -0.1) is 0 Å². The summed E-state index contributed by atoms with van der Waals surface area (Å²) in [6.45, 7) is 8.04. The molecule has 1 saturated carbocycles. The van der Waals surface area contributed by atoms with Gasteiger partial charge in [0.15, 0.2) is 0 Å². The van der Waals surface area contributed by atoms with E-state index < -0.39 is 18.3 Å². The fourth-order valence-corrected chi connectivity index (χ4v) is 7.37. The van der Waals surface area contributed by atoms with E-state index in [1.807, 2.05) is 0 Å². The number of nitrogens with one attached hydrogen (secondary N) is 4. The second-order valence-electron chi connectivity index (χ2n) is 11.8. The standard InChI is InChI=1S/C25H45FN8O2/c1-15-11-16(25(36)33-9-7-32(2)8-10-33)3-4-18(15)19-5-6-28-13-20(19)30-24(35)21-22(27)31-34-14-17(26)12-29-23(21)34/h15-23,28-29,31H,3-14,27H2,1-2H3,(H,30,35). The average molecular weight is 509 g/mol. The van der Waals surface area contributed by atoms with Crippen LogP contribution in [0.2, 0.25) is 0 Å². The molecule has 1 aliphatic carbocycles. The number of hydrogen-bond acceptors (Lipinski definition) is 8. The van der Waals surface area contributed by atoms with E-state index in [1.54, 1.807) is 5.01 Å². The third-order valence-electron chi connectivity index (χ3n) is 9.44. The highest BCUT2D eigenvalue weighted by Crippen LogP contribution is 2.41. The Morgan fingerprint density at radius 2 is 1.83 bits per heavy atom. The number of carbonyl (C=O) groups is 2. The Balaban J connectivity index is 1.19. The van der Waals surface area contributed by atoms with Crippen LogP contribution in [0.1, 0.15) is 32.6 Å². The van der Waals surface area contributed by atoms with Gasteiger partial charge in [-0.25, -0.2) is 14.8 Å². The molecule has 9 atom stereocenters. The Morgan fingerprint density at radius 3 is 2.58 bits per heavy atom. The van der Waals surface area contributed by atoms with Gasteiger partial charge in [-0.3, -0.25) is 14.9 Å². The Bertz CT molecular complexity index is 796. The zero-order chi connectivity index (χ0) is 25.4. The molecule has 0 radical (unpaired) electrons. The van der Waals surface area contributed by atoms with Gasteiger partial charge in [-0.1, -0.05) is 6.92 Å². The molecule has 5 aliphatic rings. The third-order valence-corrected chi connectivity index (χ3v) is 9.44. The van der Waals surface area contributed by atoms with Gasteiger partial charge in [0.25, 0.3) is 0 Å². The molecule has 5 fully saturated rings. The second-order valence-corrected chi connectivity index (χ2v) is 11.8. The minimum absolute atomic E-state index is 0.0300. The fraction of sp³-hybridized carbons (Fsp3) is 0.920. The lowest BCUT2D eigenvalue weighted by molar-refractivity contribution is -0.139.